The van der Waals surface area contributed by atoms with Crippen LogP contribution < -0.4 is 4.74 Å². The maximum absolute atomic E-state index is 5.58. The minimum absolute atomic E-state index is 0.862. The van der Waals surface area contributed by atoms with Crippen LogP contribution in [0.25, 0.3) is 69.9 Å². The highest BCUT2D eigenvalue weighted by atomic mass is 79.9. The lowest BCUT2D eigenvalue weighted by Gasteiger charge is -2.11. The Morgan fingerprint density at radius 2 is 1.24 bits per heavy atom. The van der Waals surface area contributed by atoms with Gasteiger partial charge in [-0.1, -0.05) is 76.6 Å². The molecule has 0 fully saturated rings. The Balaban J connectivity index is 1.30. The highest BCUT2D eigenvalue weighted by molar-refractivity contribution is 9.10. The van der Waals surface area contributed by atoms with Crippen molar-refractivity contribution in [2.75, 3.05) is 7.11 Å². The number of methoxy groups -OCH3 is 1. The van der Waals surface area contributed by atoms with Crippen molar-refractivity contribution in [2.45, 2.75) is 0 Å². The predicted octanol–water partition coefficient (Wildman–Crippen LogP) is 11.3. The average molecular weight is 611 g/mol. The van der Waals surface area contributed by atoms with E-state index in [9.17, 15) is 0 Å². The van der Waals surface area contributed by atoms with Gasteiger partial charge in [0.2, 0.25) is 0 Å². The summed E-state index contributed by atoms with van der Waals surface area (Å²) in [5.74, 6) is 0.862. The summed E-state index contributed by atoms with van der Waals surface area (Å²) in [6.07, 6.45) is 0. The molecule has 0 aliphatic heterocycles. The first-order valence-corrected chi connectivity index (χ1v) is 15.2. The minimum atomic E-state index is 0.862. The van der Waals surface area contributed by atoms with Crippen LogP contribution in [0.1, 0.15) is 0 Å². The lowest BCUT2D eigenvalue weighted by Crippen LogP contribution is -1.93. The van der Waals surface area contributed by atoms with Crippen LogP contribution in [0.5, 0.6) is 5.75 Å². The molecule has 2 heterocycles. The average Bonchev–Trinajstić information content (AvgIpc) is 3.55. The SMILES string of the molecule is COc1ccc2c(c1)c1ccc(-c3cc(Br)cc(-c4ccc5c(c4)sc4ccccc45)c3)cc1n2-c1ccccc1. The number of ether oxygens (including phenoxy) is 1. The van der Waals surface area contributed by atoms with Crippen LogP contribution in [0.2, 0.25) is 0 Å². The van der Waals surface area contributed by atoms with Crippen molar-refractivity contribution in [3.63, 3.8) is 0 Å². The van der Waals surface area contributed by atoms with Crippen LogP contribution in [0.4, 0.5) is 0 Å². The molecule has 0 atom stereocenters. The van der Waals surface area contributed by atoms with E-state index in [2.05, 4.69) is 142 Å². The number of para-hydroxylation sites is 1. The number of rotatable bonds is 4. The maximum atomic E-state index is 5.58. The molecule has 0 saturated carbocycles. The third kappa shape index (κ3) is 4.06. The van der Waals surface area contributed by atoms with E-state index in [1.807, 2.05) is 17.4 Å². The minimum Gasteiger partial charge on any atom is -0.497 e. The molecule has 8 rings (SSSR count). The van der Waals surface area contributed by atoms with E-state index in [0.29, 0.717) is 0 Å². The van der Waals surface area contributed by atoms with E-state index in [1.54, 1.807) is 7.11 Å². The highest BCUT2D eigenvalue weighted by Gasteiger charge is 2.15. The second-order valence-corrected chi connectivity index (χ2v) is 12.3. The van der Waals surface area contributed by atoms with E-state index in [1.165, 1.54) is 58.7 Å². The number of benzene rings is 6. The topological polar surface area (TPSA) is 14.2 Å². The van der Waals surface area contributed by atoms with Gasteiger partial charge >= 0.3 is 0 Å². The third-order valence-electron chi connectivity index (χ3n) is 7.93. The van der Waals surface area contributed by atoms with Gasteiger partial charge in [-0.2, -0.15) is 0 Å². The van der Waals surface area contributed by atoms with Crippen molar-refractivity contribution >= 4 is 69.2 Å². The fraction of sp³-hybridized carbons (Fsp3) is 0.0270. The van der Waals surface area contributed by atoms with Crippen molar-refractivity contribution < 1.29 is 4.74 Å². The van der Waals surface area contributed by atoms with Crippen LogP contribution in [-0.4, -0.2) is 11.7 Å². The summed E-state index contributed by atoms with van der Waals surface area (Å²) in [6.45, 7) is 0. The van der Waals surface area contributed by atoms with Crippen molar-refractivity contribution in [3.05, 3.63) is 132 Å². The molecule has 6 aromatic carbocycles. The zero-order valence-corrected chi connectivity index (χ0v) is 24.7. The van der Waals surface area contributed by atoms with Crippen LogP contribution >= 0.6 is 27.3 Å². The summed E-state index contributed by atoms with van der Waals surface area (Å²) >= 11 is 5.67. The zero-order valence-electron chi connectivity index (χ0n) is 22.3. The van der Waals surface area contributed by atoms with E-state index >= 15 is 0 Å². The van der Waals surface area contributed by atoms with Crippen LogP contribution in [0.15, 0.2) is 132 Å². The number of thiophene rings is 1. The van der Waals surface area contributed by atoms with Crippen LogP contribution in [0.3, 0.4) is 0 Å². The van der Waals surface area contributed by atoms with Crippen molar-refractivity contribution in [1.82, 2.24) is 4.57 Å². The second kappa shape index (κ2) is 9.62. The number of hydrogen-bond acceptors (Lipinski definition) is 2. The lowest BCUT2D eigenvalue weighted by atomic mass is 9.97. The van der Waals surface area contributed by atoms with E-state index in [-0.39, 0.29) is 0 Å². The molecule has 0 aliphatic carbocycles. The summed E-state index contributed by atoms with van der Waals surface area (Å²) in [7, 11) is 1.72. The smallest absolute Gasteiger partial charge is 0.119 e. The molecule has 2 nitrogen and oxygen atoms in total. The van der Waals surface area contributed by atoms with Gasteiger partial charge in [-0.15, -0.1) is 11.3 Å². The van der Waals surface area contributed by atoms with Gasteiger partial charge in [-0.3, -0.25) is 0 Å². The Bertz CT molecular complexity index is 2260. The maximum Gasteiger partial charge on any atom is 0.119 e. The van der Waals surface area contributed by atoms with Crippen LogP contribution in [-0.2, 0) is 0 Å². The molecule has 41 heavy (non-hydrogen) atoms. The number of aromatic nitrogens is 1. The van der Waals surface area contributed by atoms with Gasteiger partial charge in [0, 0.05) is 41.1 Å². The molecule has 0 saturated heterocycles. The molecule has 0 radical (unpaired) electrons. The normalized spacial score (nSPS) is 11.7. The second-order valence-electron chi connectivity index (χ2n) is 10.3. The molecule has 0 spiro atoms. The molecule has 0 aliphatic rings. The fourth-order valence-corrected chi connectivity index (χ4v) is 7.63. The monoisotopic (exact) mass is 609 g/mol. The number of hydrogen-bond donors (Lipinski definition) is 0. The summed E-state index contributed by atoms with van der Waals surface area (Å²) in [5, 5.41) is 5.03. The first kappa shape index (κ1) is 24.4. The number of fused-ring (bicyclic) bond motifs is 6. The number of nitrogens with zero attached hydrogens (tertiary/aromatic N) is 1. The molecule has 0 bridgehead atoms. The van der Waals surface area contributed by atoms with Crippen LogP contribution in [0, 0.1) is 0 Å². The quantitative estimate of drug-likeness (QED) is 0.193. The lowest BCUT2D eigenvalue weighted by molar-refractivity contribution is 0.415. The fourth-order valence-electron chi connectivity index (χ4n) is 5.99. The molecule has 8 aromatic rings. The third-order valence-corrected chi connectivity index (χ3v) is 9.52. The van der Waals surface area contributed by atoms with Crippen molar-refractivity contribution in [3.8, 4) is 33.7 Å². The Kier molecular flexibility index (Phi) is 5.73. The van der Waals surface area contributed by atoms with E-state index < -0.39 is 0 Å². The van der Waals surface area contributed by atoms with Gasteiger partial charge in [0.25, 0.3) is 0 Å². The Hall–Kier alpha value is -4.38. The molecule has 196 valence electrons. The molecule has 4 heteroatoms. The van der Waals surface area contributed by atoms with Gasteiger partial charge in [0.05, 0.1) is 18.1 Å². The van der Waals surface area contributed by atoms with Gasteiger partial charge in [0.15, 0.2) is 0 Å². The molecular weight excluding hydrogens is 586 g/mol. The van der Waals surface area contributed by atoms with Crippen molar-refractivity contribution in [1.29, 1.82) is 0 Å². The van der Waals surface area contributed by atoms with Gasteiger partial charge in [-0.25, -0.2) is 0 Å². The molecular formula is C37H24BrNOS. The Morgan fingerprint density at radius 1 is 0.537 bits per heavy atom. The Labute approximate surface area is 250 Å². The Morgan fingerprint density at radius 3 is 2.05 bits per heavy atom. The summed E-state index contributed by atoms with van der Waals surface area (Å²) in [5.41, 5.74) is 8.24. The molecule has 0 unspecified atom stereocenters. The van der Waals surface area contributed by atoms with E-state index in [0.717, 1.165) is 21.4 Å². The molecule has 0 N–H and O–H groups in total. The number of halogens is 1. The highest BCUT2D eigenvalue weighted by Crippen LogP contribution is 2.40. The standard InChI is InChI=1S/C37H24BrNOS/c1-40-29-13-16-34-33(22-29)30-14-11-23(20-35(30)39(34)28-7-3-2-4-8-28)25-17-26(19-27(38)18-25)24-12-15-32-31-9-5-6-10-36(31)41-37(32)21-24/h2-22H,1H3. The molecule has 0 amide bonds. The van der Waals surface area contributed by atoms with E-state index in [4.69, 9.17) is 4.74 Å². The first-order valence-electron chi connectivity index (χ1n) is 13.6. The first-order chi connectivity index (χ1) is 20.2. The summed E-state index contributed by atoms with van der Waals surface area (Å²) in [6, 6.07) is 45.9. The zero-order chi connectivity index (χ0) is 27.5. The molecule has 2 aromatic heterocycles. The largest absolute Gasteiger partial charge is 0.497 e. The van der Waals surface area contributed by atoms with Gasteiger partial charge < -0.3 is 9.30 Å². The summed E-state index contributed by atoms with van der Waals surface area (Å²) < 4.78 is 11.6. The predicted molar refractivity (Wildman–Crippen MR) is 179 cm³/mol. The van der Waals surface area contributed by atoms with Gasteiger partial charge in [0.1, 0.15) is 5.75 Å². The van der Waals surface area contributed by atoms with Gasteiger partial charge in [-0.05, 0) is 89.0 Å². The van der Waals surface area contributed by atoms with Crippen molar-refractivity contribution in [2.24, 2.45) is 0 Å². The summed E-state index contributed by atoms with van der Waals surface area (Å²) in [4.78, 5) is 0.